The summed E-state index contributed by atoms with van der Waals surface area (Å²) in [7, 11) is 0. The second-order valence-corrected chi connectivity index (χ2v) is 4.02. The molecular weight excluding hydrogens is 178 g/mol. The standard InChI is InChI=1S/C11H19NO2/c12-6-2-1-3-7-13-11-8-9-4-5-10(11)14-9/h4-5,9-11H,1-3,6-8,12H2. The molecule has 0 aliphatic carbocycles. The molecule has 2 bridgehead atoms. The summed E-state index contributed by atoms with van der Waals surface area (Å²) in [5.41, 5.74) is 5.41. The average Bonchev–Trinajstić information content (AvgIpc) is 2.79. The first-order chi connectivity index (χ1) is 6.90. The molecule has 3 heteroatoms. The van der Waals surface area contributed by atoms with Gasteiger partial charge in [0.05, 0.1) is 12.2 Å². The van der Waals surface area contributed by atoms with Crippen LogP contribution in [0.3, 0.4) is 0 Å². The Morgan fingerprint density at radius 3 is 2.86 bits per heavy atom. The second kappa shape index (κ2) is 4.91. The zero-order valence-electron chi connectivity index (χ0n) is 8.52. The van der Waals surface area contributed by atoms with E-state index in [4.69, 9.17) is 15.2 Å². The highest BCUT2D eigenvalue weighted by Crippen LogP contribution is 2.30. The number of rotatable bonds is 6. The lowest BCUT2D eigenvalue weighted by Crippen LogP contribution is -2.23. The van der Waals surface area contributed by atoms with Crippen molar-refractivity contribution in [2.45, 2.75) is 44.0 Å². The van der Waals surface area contributed by atoms with Gasteiger partial charge in [-0.05, 0) is 25.8 Å². The molecule has 0 radical (unpaired) electrons. The smallest absolute Gasteiger partial charge is 0.103 e. The van der Waals surface area contributed by atoms with Crippen LogP contribution in [0.15, 0.2) is 12.2 Å². The minimum absolute atomic E-state index is 0.231. The molecule has 2 heterocycles. The lowest BCUT2D eigenvalue weighted by atomic mass is 10.0. The number of ether oxygens (including phenoxy) is 2. The van der Waals surface area contributed by atoms with Crippen LogP contribution >= 0.6 is 0 Å². The Hall–Kier alpha value is -0.380. The van der Waals surface area contributed by atoms with Crippen molar-refractivity contribution in [2.75, 3.05) is 13.2 Å². The van der Waals surface area contributed by atoms with E-state index in [1.165, 1.54) is 6.42 Å². The van der Waals surface area contributed by atoms with Gasteiger partial charge in [0.15, 0.2) is 0 Å². The summed E-state index contributed by atoms with van der Waals surface area (Å²) in [6, 6.07) is 0. The first-order valence-corrected chi connectivity index (χ1v) is 5.55. The molecule has 2 aliphatic rings. The van der Waals surface area contributed by atoms with Crippen LogP contribution in [0.4, 0.5) is 0 Å². The van der Waals surface area contributed by atoms with E-state index in [1.807, 2.05) is 0 Å². The fourth-order valence-corrected chi connectivity index (χ4v) is 2.06. The molecule has 0 aromatic carbocycles. The van der Waals surface area contributed by atoms with Gasteiger partial charge in [-0.15, -0.1) is 0 Å². The van der Waals surface area contributed by atoms with Crippen molar-refractivity contribution in [3.63, 3.8) is 0 Å². The van der Waals surface area contributed by atoms with Crippen LogP contribution in [0.5, 0.6) is 0 Å². The van der Waals surface area contributed by atoms with Crippen LogP contribution < -0.4 is 5.73 Å². The largest absolute Gasteiger partial charge is 0.375 e. The van der Waals surface area contributed by atoms with E-state index in [0.29, 0.717) is 12.2 Å². The molecule has 0 spiro atoms. The van der Waals surface area contributed by atoms with Crippen molar-refractivity contribution in [2.24, 2.45) is 5.73 Å². The number of hydrogen-bond donors (Lipinski definition) is 1. The first-order valence-electron chi connectivity index (χ1n) is 5.55. The molecule has 14 heavy (non-hydrogen) atoms. The third kappa shape index (κ3) is 2.35. The molecule has 1 fully saturated rings. The van der Waals surface area contributed by atoms with Gasteiger partial charge in [-0.1, -0.05) is 12.2 Å². The Morgan fingerprint density at radius 1 is 1.29 bits per heavy atom. The Kier molecular flexibility index (Phi) is 3.56. The highest BCUT2D eigenvalue weighted by atomic mass is 16.6. The molecule has 0 aromatic rings. The van der Waals surface area contributed by atoms with E-state index in [-0.39, 0.29) is 6.10 Å². The van der Waals surface area contributed by atoms with Crippen molar-refractivity contribution >= 4 is 0 Å². The normalized spacial score (nSPS) is 34.2. The van der Waals surface area contributed by atoms with Crippen LogP contribution in [0.25, 0.3) is 0 Å². The highest BCUT2D eigenvalue weighted by molar-refractivity contribution is 5.11. The van der Waals surface area contributed by atoms with Gasteiger partial charge < -0.3 is 15.2 Å². The molecular formula is C11H19NO2. The molecule has 0 saturated carbocycles. The van der Waals surface area contributed by atoms with Gasteiger partial charge in [-0.3, -0.25) is 0 Å². The summed E-state index contributed by atoms with van der Waals surface area (Å²) in [5, 5.41) is 0. The minimum atomic E-state index is 0.231. The first kappa shape index (κ1) is 10.1. The van der Waals surface area contributed by atoms with E-state index >= 15 is 0 Å². The molecule has 0 aromatic heterocycles. The van der Waals surface area contributed by atoms with Crippen molar-refractivity contribution in [1.29, 1.82) is 0 Å². The van der Waals surface area contributed by atoms with Gasteiger partial charge in [0, 0.05) is 13.0 Å². The summed E-state index contributed by atoms with van der Waals surface area (Å²) < 4.78 is 11.4. The summed E-state index contributed by atoms with van der Waals surface area (Å²) >= 11 is 0. The molecule has 2 rings (SSSR count). The molecule has 3 atom stereocenters. The van der Waals surface area contributed by atoms with E-state index in [0.717, 1.165) is 32.4 Å². The van der Waals surface area contributed by atoms with Gasteiger partial charge in [-0.2, -0.15) is 0 Å². The number of hydrogen-bond acceptors (Lipinski definition) is 3. The summed E-state index contributed by atoms with van der Waals surface area (Å²) in [6.45, 7) is 1.64. The average molecular weight is 197 g/mol. The fraction of sp³-hybridized carbons (Fsp3) is 0.818. The predicted octanol–water partition coefficient (Wildman–Crippen LogP) is 1.23. The lowest BCUT2D eigenvalue weighted by Gasteiger charge is -2.16. The van der Waals surface area contributed by atoms with Crippen LogP contribution in [0.1, 0.15) is 25.7 Å². The molecule has 2 N–H and O–H groups in total. The minimum Gasteiger partial charge on any atom is -0.375 e. The highest BCUT2D eigenvalue weighted by Gasteiger charge is 2.37. The van der Waals surface area contributed by atoms with E-state index < -0.39 is 0 Å². The Balaban J connectivity index is 1.56. The lowest BCUT2D eigenvalue weighted by molar-refractivity contribution is 0.0113. The predicted molar refractivity (Wildman–Crippen MR) is 55.1 cm³/mol. The Bertz CT molecular complexity index is 205. The third-order valence-corrected chi connectivity index (χ3v) is 2.86. The van der Waals surface area contributed by atoms with Gasteiger partial charge in [-0.25, -0.2) is 0 Å². The van der Waals surface area contributed by atoms with Crippen LogP contribution in [0.2, 0.25) is 0 Å². The maximum atomic E-state index is 5.77. The monoisotopic (exact) mass is 197 g/mol. The molecule has 0 amide bonds. The van der Waals surface area contributed by atoms with Gasteiger partial charge in [0.1, 0.15) is 6.10 Å². The number of unbranched alkanes of at least 4 members (excludes halogenated alkanes) is 2. The summed E-state index contributed by atoms with van der Waals surface area (Å²) in [4.78, 5) is 0. The third-order valence-electron chi connectivity index (χ3n) is 2.86. The van der Waals surface area contributed by atoms with Crippen molar-refractivity contribution < 1.29 is 9.47 Å². The van der Waals surface area contributed by atoms with Crippen molar-refractivity contribution in [3.05, 3.63) is 12.2 Å². The van der Waals surface area contributed by atoms with Crippen molar-refractivity contribution in [3.8, 4) is 0 Å². The van der Waals surface area contributed by atoms with E-state index in [1.54, 1.807) is 0 Å². The topological polar surface area (TPSA) is 44.5 Å². The van der Waals surface area contributed by atoms with Gasteiger partial charge in [0.25, 0.3) is 0 Å². The maximum Gasteiger partial charge on any atom is 0.103 e. The van der Waals surface area contributed by atoms with E-state index in [9.17, 15) is 0 Å². The van der Waals surface area contributed by atoms with Crippen LogP contribution in [0, 0.1) is 0 Å². The van der Waals surface area contributed by atoms with E-state index in [2.05, 4.69) is 12.2 Å². The van der Waals surface area contributed by atoms with Crippen molar-refractivity contribution in [1.82, 2.24) is 0 Å². The SMILES string of the molecule is NCCCCCOC1CC2C=CC1O2. The second-order valence-electron chi connectivity index (χ2n) is 4.02. The number of fused-ring (bicyclic) bond motifs is 2. The van der Waals surface area contributed by atoms with Crippen LogP contribution in [-0.4, -0.2) is 31.5 Å². The van der Waals surface area contributed by atoms with Gasteiger partial charge >= 0.3 is 0 Å². The zero-order valence-corrected chi connectivity index (χ0v) is 8.52. The fourth-order valence-electron chi connectivity index (χ4n) is 2.06. The zero-order chi connectivity index (χ0) is 9.80. The van der Waals surface area contributed by atoms with Crippen LogP contribution in [-0.2, 0) is 9.47 Å². The maximum absolute atomic E-state index is 5.77. The number of nitrogens with two attached hydrogens (primary N) is 1. The molecule has 2 aliphatic heterocycles. The van der Waals surface area contributed by atoms with Gasteiger partial charge in [0.2, 0.25) is 0 Å². The Morgan fingerprint density at radius 2 is 2.21 bits per heavy atom. The Labute approximate surface area is 85.3 Å². The summed E-state index contributed by atoms with van der Waals surface area (Å²) in [6.07, 6.45) is 9.57. The molecule has 3 nitrogen and oxygen atoms in total. The summed E-state index contributed by atoms with van der Waals surface area (Å²) in [5.74, 6) is 0. The molecule has 3 unspecified atom stereocenters. The quantitative estimate of drug-likeness (QED) is 0.514. The molecule has 80 valence electrons. The molecule has 1 saturated heterocycles.